The third-order valence-electron chi connectivity index (χ3n) is 7.45. The van der Waals surface area contributed by atoms with E-state index in [2.05, 4.69) is 32.0 Å². The van der Waals surface area contributed by atoms with Crippen LogP contribution >= 0.6 is 9.24 Å². The maximum absolute atomic E-state index is 13.6. The molecule has 0 aliphatic carbocycles. The standard InChI is InChI=1S/C32H25FN3O3P/c1-17(37)30-22-13-20(25(35(2)3)15-28(22)39-32(30)18-7-9-19(33)10-8-18)23-11-12-27-31(34-23)26-14-21-24(36(26)16-38-27)5-4-6-29(21)40/h4-15H,16,40H2,1-3H3. The van der Waals surface area contributed by atoms with E-state index in [9.17, 15) is 9.18 Å². The second kappa shape index (κ2) is 9.04. The van der Waals surface area contributed by atoms with Gasteiger partial charge in [0.1, 0.15) is 28.6 Å². The molecule has 40 heavy (non-hydrogen) atoms. The van der Waals surface area contributed by atoms with Crippen molar-refractivity contribution in [2.75, 3.05) is 19.0 Å². The summed E-state index contributed by atoms with van der Waals surface area (Å²) in [5.74, 6) is 0.667. The number of benzene rings is 3. The van der Waals surface area contributed by atoms with E-state index in [1.54, 1.807) is 12.1 Å². The number of nitrogens with zero attached hydrogens (tertiary/aromatic N) is 3. The number of rotatable bonds is 4. The van der Waals surface area contributed by atoms with Gasteiger partial charge in [-0.25, -0.2) is 9.37 Å². The smallest absolute Gasteiger partial charge is 0.165 e. The van der Waals surface area contributed by atoms with Gasteiger partial charge in [-0.05, 0) is 66.8 Å². The number of ketones is 1. The summed E-state index contributed by atoms with van der Waals surface area (Å²) in [7, 11) is 6.72. The molecular formula is C32H25FN3O3P. The third-order valence-corrected chi connectivity index (χ3v) is 7.96. The molecule has 7 rings (SSSR count). The molecule has 0 saturated carbocycles. The van der Waals surface area contributed by atoms with Gasteiger partial charge in [-0.3, -0.25) is 4.79 Å². The monoisotopic (exact) mass is 549 g/mol. The van der Waals surface area contributed by atoms with Gasteiger partial charge in [-0.1, -0.05) is 12.1 Å². The van der Waals surface area contributed by atoms with Crippen LogP contribution < -0.4 is 14.9 Å². The Morgan fingerprint density at radius 3 is 2.58 bits per heavy atom. The summed E-state index contributed by atoms with van der Waals surface area (Å²) in [5.41, 5.74) is 7.01. The number of furan rings is 1. The van der Waals surface area contributed by atoms with Crippen LogP contribution in [0.4, 0.5) is 10.1 Å². The summed E-state index contributed by atoms with van der Waals surface area (Å²) in [4.78, 5) is 20.0. The quantitative estimate of drug-likeness (QED) is 0.174. The van der Waals surface area contributed by atoms with Crippen molar-refractivity contribution in [2.24, 2.45) is 0 Å². The van der Waals surface area contributed by atoms with Crippen LogP contribution in [-0.2, 0) is 6.73 Å². The van der Waals surface area contributed by atoms with Crippen LogP contribution in [0.15, 0.2) is 77.2 Å². The maximum Gasteiger partial charge on any atom is 0.165 e. The number of fused-ring (bicyclic) bond motifs is 6. The van der Waals surface area contributed by atoms with E-state index in [-0.39, 0.29) is 11.6 Å². The fraction of sp³-hybridized carbons (Fsp3) is 0.125. The van der Waals surface area contributed by atoms with Gasteiger partial charge in [0, 0.05) is 47.7 Å². The van der Waals surface area contributed by atoms with Gasteiger partial charge in [0.05, 0.1) is 22.5 Å². The van der Waals surface area contributed by atoms with Gasteiger partial charge in [-0.2, -0.15) is 0 Å². The highest BCUT2D eigenvalue weighted by atomic mass is 31.0. The molecule has 1 aliphatic rings. The molecule has 4 heterocycles. The number of carbonyl (C=O) groups excluding carboxylic acids is 1. The molecule has 1 unspecified atom stereocenters. The molecule has 0 N–H and O–H groups in total. The van der Waals surface area contributed by atoms with Crippen molar-refractivity contribution in [3.8, 4) is 39.7 Å². The largest absolute Gasteiger partial charge is 0.470 e. The average Bonchev–Trinajstić information content (AvgIpc) is 3.52. The van der Waals surface area contributed by atoms with Gasteiger partial charge in [0.25, 0.3) is 0 Å². The molecule has 8 heteroatoms. The summed E-state index contributed by atoms with van der Waals surface area (Å²) < 4.78 is 28.1. The Hall–Kier alpha value is -4.48. The zero-order chi connectivity index (χ0) is 27.7. The highest BCUT2D eigenvalue weighted by molar-refractivity contribution is 7.28. The molecule has 6 aromatic rings. The Labute approximate surface area is 232 Å². The van der Waals surface area contributed by atoms with Crippen molar-refractivity contribution in [2.45, 2.75) is 13.7 Å². The van der Waals surface area contributed by atoms with E-state index in [4.69, 9.17) is 14.1 Å². The summed E-state index contributed by atoms with van der Waals surface area (Å²) in [6.45, 7) is 1.93. The number of pyridine rings is 1. The first-order valence-electron chi connectivity index (χ1n) is 12.9. The zero-order valence-electron chi connectivity index (χ0n) is 22.2. The van der Waals surface area contributed by atoms with Crippen molar-refractivity contribution >= 4 is 47.9 Å². The lowest BCUT2D eigenvalue weighted by Gasteiger charge is -2.22. The maximum atomic E-state index is 13.6. The molecule has 0 bridgehead atoms. The molecule has 1 aliphatic heterocycles. The summed E-state index contributed by atoms with van der Waals surface area (Å²) >= 11 is 0. The van der Waals surface area contributed by atoms with E-state index in [0.29, 0.717) is 34.6 Å². The predicted octanol–water partition coefficient (Wildman–Crippen LogP) is 7.04. The lowest BCUT2D eigenvalue weighted by molar-refractivity contribution is 0.101. The van der Waals surface area contributed by atoms with Crippen molar-refractivity contribution < 1.29 is 18.3 Å². The van der Waals surface area contributed by atoms with Crippen LogP contribution in [0.1, 0.15) is 17.3 Å². The minimum absolute atomic E-state index is 0.133. The minimum Gasteiger partial charge on any atom is -0.470 e. The number of carbonyl (C=O) groups is 1. The fourth-order valence-corrected chi connectivity index (χ4v) is 5.88. The van der Waals surface area contributed by atoms with E-state index in [0.717, 1.165) is 50.3 Å². The molecule has 0 spiro atoms. The fourth-order valence-electron chi connectivity index (χ4n) is 5.53. The minimum atomic E-state index is -0.350. The van der Waals surface area contributed by atoms with Crippen molar-refractivity contribution in [1.29, 1.82) is 0 Å². The topological polar surface area (TPSA) is 60.5 Å². The molecule has 3 aromatic carbocycles. The normalized spacial score (nSPS) is 12.3. The lowest BCUT2D eigenvalue weighted by atomic mass is 9.99. The van der Waals surface area contributed by atoms with Crippen LogP contribution in [-0.4, -0.2) is 29.4 Å². The van der Waals surface area contributed by atoms with Crippen molar-refractivity contribution in [1.82, 2.24) is 9.55 Å². The van der Waals surface area contributed by atoms with Crippen LogP contribution in [0.25, 0.3) is 55.8 Å². The molecule has 3 aromatic heterocycles. The number of ether oxygens (including phenoxy) is 1. The first-order chi connectivity index (χ1) is 19.3. The number of aromatic nitrogens is 2. The third kappa shape index (κ3) is 3.73. The van der Waals surface area contributed by atoms with Gasteiger partial charge in [0.2, 0.25) is 0 Å². The SMILES string of the molecule is CC(=O)c1c(-c2ccc(F)cc2)oc2cc(N(C)C)c(-c3ccc4c(n3)-c3cc5c(P)cccc5n3CO4)cc12. The molecule has 0 radical (unpaired) electrons. The summed E-state index contributed by atoms with van der Waals surface area (Å²) in [6.07, 6.45) is 0. The second-order valence-electron chi connectivity index (χ2n) is 10.2. The van der Waals surface area contributed by atoms with E-state index >= 15 is 0 Å². The zero-order valence-corrected chi connectivity index (χ0v) is 23.3. The van der Waals surface area contributed by atoms with Gasteiger partial charge < -0.3 is 18.6 Å². The van der Waals surface area contributed by atoms with Crippen molar-refractivity contribution in [3.63, 3.8) is 0 Å². The van der Waals surface area contributed by atoms with Gasteiger partial charge in [-0.15, -0.1) is 9.24 Å². The molecule has 0 saturated heterocycles. The average molecular weight is 550 g/mol. The van der Waals surface area contributed by atoms with E-state index in [1.807, 2.05) is 49.3 Å². The second-order valence-corrected chi connectivity index (χ2v) is 10.8. The van der Waals surface area contributed by atoms with Gasteiger partial charge >= 0.3 is 0 Å². The summed E-state index contributed by atoms with van der Waals surface area (Å²) in [5, 5.41) is 2.94. The number of halogens is 1. The van der Waals surface area contributed by atoms with E-state index in [1.165, 1.54) is 19.1 Å². The first-order valence-corrected chi connectivity index (χ1v) is 13.4. The Morgan fingerprint density at radius 2 is 1.82 bits per heavy atom. The first kappa shape index (κ1) is 24.6. The Balaban J connectivity index is 1.45. The lowest BCUT2D eigenvalue weighted by Crippen LogP contribution is -2.14. The highest BCUT2D eigenvalue weighted by Gasteiger charge is 2.25. The molecule has 6 nitrogen and oxygen atoms in total. The van der Waals surface area contributed by atoms with E-state index < -0.39 is 0 Å². The number of hydrogen-bond acceptors (Lipinski definition) is 5. The molecule has 1 atom stereocenters. The highest BCUT2D eigenvalue weighted by Crippen LogP contribution is 2.43. The molecular weight excluding hydrogens is 524 g/mol. The molecule has 198 valence electrons. The van der Waals surface area contributed by atoms with Crippen molar-refractivity contribution in [3.05, 3.63) is 84.2 Å². The number of hydrogen-bond donors (Lipinski definition) is 0. The van der Waals surface area contributed by atoms with Gasteiger partial charge in [0.15, 0.2) is 12.5 Å². The summed E-state index contributed by atoms with van der Waals surface area (Å²) in [6, 6.07) is 22.1. The number of Topliss-reactive ketones (excluding diaryl/α,β-unsaturated/α-hetero) is 1. The predicted molar refractivity (Wildman–Crippen MR) is 160 cm³/mol. The van der Waals surface area contributed by atoms with Crippen LogP contribution in [0, 0.1) is 5.82 Å². The number of anilines is 1. The van der Waals surface area contributed by atoms with Crippen LogP contribution in [0.2, 0.25) is 0 Å². The van der Waals surface area contributed by atoms with Crippen LogP contribution in [0.3, 0.4) is 0 Å². The Kier molecular flexibility index (Phi) is 5.55. The molecule has 0 amide bonds. The Morgan fingerprint density at radius 1 is 1.02 bits per heavy atom. The Bertz CT molecular complexity index is 1990. The molecule has 0 fully saturated rings. The van der Waals surface area contributed by atoms with Crippen LogP contribution in [0.5, 0.6) is 5.75 Å².